The molecule has 0 bridgehead atoms. The predicted octanol–water partition coefficient (Wildman–Crippen LogP) is 1.95. The van der Waals surface area contributed by atoms with Crippen LogP contribution in [0.3, 0.4) is 0 Å². The number of ether oxygens (including phenoxy) is 1. The molecule has 0 saturated heterocycles. The molecule has 1 fully saturated rings. The molecule has 0 radical (unpaired) electrons. The number of carbonyl (C=O) groups excluding carboxylic acids is 1. The van der Waals surface area contributed by atoms with E-state index in [1.165, 1.54) is 12.8 Å². The molecule has 1 saturated carbocycles. The van der Waals surface area contributed by atoms with Gasteiger partial charge < -0.3 is 10.1 Å². The van der Waals surface area contributed by atoms with Gasteiger partial charge in [-0.2, -0.15) is 0 Å². The molecule has 4 heteroatoms. The summed E-state index contributed by atoms with van der Waals surface area (Å²) in [7, 11) is 1.73. The van der Waals surface area contributed by atoms with E-state index in [9.17, 15) is 4.79 Å². The Hall–Kier alpha value is -1.42. The fraction of sp³-hybridized carbons (Fsp3) is 0.600. The molecule has 1 amide bonds. The number of hydrogen-bond acceptors (Lipinski definition) is 3. The first-order valence-corrected chi connectivity index (χ1v) is 6.90. The number of amides is 1. The second-order valence-electron chi connectivity index (χ2n) is 5.41. The summed E-state index contributed by atoms with van der Waals surface area (Å²) in [5.74, 6) is 0.0427. The minimum absolute atomic E-state index is 0.0427. The summed E-state index contributed by atoms with van der Waals surface area (Å²) >= 11 is 0. The summed E-state index contributed by atoms with van der Waals surface area (Å²) in [5.41, 5.74) is 0.960. The largest absolute Gasteiger partial charge is 0.384 e. The van der Waals surface area contributed by atoms with Crippen molar-refractivity contribution in [3.05, 3.63) is 30.1 Å². The number of carbonyl (C=O) groups is 1. The molecule has 4 nitrogen and oxygen atoms in total. The van der Waals surface area contributed by atoms with Crippen LogP contribution in [0.15, 0.2) is 24.4 Å². The third-order valence-corrected chi connectivity index (χ3v) is 3.84. The topological polar surface area (TPSA) is 51.2 Å². The van der Waals surface area contributed by atoms with Crippen molar-refractivity contribution in [1.29, 1.82) is 0 Å². The molecule has 2 rings (SSSR count). The van der Waals surface area contributed by atoms with Crippen LogP contribution in [0, 0.1) is 5.41 Å². The highest BCUT2D eigenvalue weighted by Crippen LogP contribution is 2.37. The third kappa shape index (κ3) is 4.03. The normalized spacial score (nSPS) is 17.3. The SMILES string of the molecule is COCC1(CNC(=O)Cc2ccccn2)CCCC1. The maximum absolute atomic E-state index is 11.9. The summed E-state index contributed by atoms with van der Waals surface area (Å²) in [5, 5.41) is 3.04. The van der Waals surface area contributed by atoms with Crippen LogP contribution >= 0.6 is 0 Å². The smallest absolute Gasteiger partial charge is 0.226 e. The Labute approximate surface area is 114 Å². The second-order valence-corrected chi connectivity index (χ2v) is 5.41. The minimum atomic E-state index is 0.0427. The van der Waals surface area contributed by atoms with Crippen LogP contribution in [0.4, 0.5) is 0 Å². The van der Waals surface area contributed by atoms with Crippen LogP contribution in [-0.2, 0) is 16.0 Å². The Balaban J connectivity index is 1.82. The first-order chi connectivity index (χ1) is 9.24. The van der Waals surface area contributed by atoms with Crippen molar-refractivity contribution in [2.45, 2.75) is 32.1 Å². The average Bonchev–Trinajstić information content (AvgIpc) is 2.87. The van der Waals surface area contributed by atoms with Crippen LogP contribution < -0.4 is 5.32 Å². The van der Waals surface area contributed by atoms with Crippen molar-refractivity contribution >= 4 is 5.91 Å². The van der Waals surface area contributed by atoms with Gasteiger partial charge in [-0.15, -0.1) is 0 Å². The maximum atomic E-state index is 11.9. The Morgan fingerprint density at radius 1 is 1.42 bits per heavy atom. The molecule has 1 aromatic heterocycles. The average molecular weight is 262 g/mol. The van der Waals surface area contributed by atoms with Gasteiger partial charge in [0.05, 0.1) is 13.0 Å². The molecule has 1 aliphatic rings. The number of rotatable bonds is 6. The number of nitrogens with one attached hydrogen (secondary N) is 1. The summed E-state index contributed by atoms with van der Waals surface area (Å²) in [6.45, 7) is 1.45. The van der Waals surface area contributed by atoms with Gasteiger partial charge in [0.1, 0.15) is 0 Å². The van der Waals surface area contributed by atoms with Gasteiger partial charge in [0.25, 0.3) is 0 Å². The van der Waals surface area contributed by atoms with Crippen molar-refractivity contribution in [1.82, 2.24) is 10.3 Å². The molecule has 0 aliphatic heterocycles. The number of methoxy groups -OCH3 is 1. The molecule has 0 unspecified atom stereocenters. The molecule has 1 N–H and O–H groups in total. The van der Waals surface area contributed by atoms with Crippen LogP contribution in [0.1, 0.15) is 31.4 Å². The summed E-state index contributed by atoms with van der Waals surface area (Å²) in [4.78, 5) is 16.1. The molecule has 1 heterocycles. The van der Waals surface area contributed by atoms with Gasteiger partial charge in [-0.25, -0.2) is 0 Å². The van der Waals surface area contributed by atoms with Crippen molar-refractivity contribution in [2.75, 3.05) is 20.3 Å². The van der Waals surface area contributed by atoms with Crippen LogP contribution in [-0.4, -0.2) is 31.2 Å². The van der Waals surface area contributed by atoms with E-state index in [0.717, 1.165) is 25.1 Å². The number of pyridine rings is 1. The highest BCUT2D eigenvalue weighted by atomic mass is 16.5. The van der Waals surface area contributed by atoms with Crippen LogP contribution in [0.5, 0.6) is 0 Å². The fourth-order valence-corrected chi connectivity index (χ4v) is 2.82. The standard InChI is InChI=1S/C15H22N2O2/c1-19-12-15(7-3-4-8-15)11-17-14(18)10-13-6-2-5-9-16-13/h2,5-6,9H,3-4,7-8,10-12H2,1H3,(H,17,18). The highest BCUT2D eigenvalue weighted by molar-refractivity contribution is 5.78. The third-order valence-electron chi connectivity index (χ3n) is 3.84. The molecule has 1 aromatic rings. The molecule has 0 atom stereocenters. The van der Waals surface area contributed by atoms with Gasteiger partial charge >= 0.3 is 0 Å². The first-order valence-electron chi connectivity index (χ1n) is 6.90. The zero-order valence-corrected chi connectivity index (χ0v) is 11.5. The van der Waals surface area contributed by atoms with E-state index in [4.69, 9.17) is 4.74 Å². The van der Waals surface area contributed by atoms with Crippen molar-refractivity contribution in [3.63, 3.8) is 0 Å². The minimum Gasteiger partial charge on any atom is -0.384 e. The highest BCUT2D eigenvalue weighted by Gasteiger charge is 2.34. The van der Waals surface area contributed by atoms with Gasteiger partial charge in [-0.05, 0) is 25.0 Å². The molecule has 1 aliphatic carbocycles. The van der Waals surface area contributed by atoms with E-state index in [1.807, 2.05) is 18.2 Å². The van der Waals surface area contributed by atoms with E-state index in [1.54, 1.807) is 13.3 Å². The first kappa shape index (κ1) is 14.0. The van der Waals surface area contributed by atoms with Gasteiger partial charge in [0.2, 0.25) is 5.91 Å². The van der Waals surface area contributed by atoms with Gasteiger partial charge in [-0.1, -0.05) is 18.9 Å². The number of aromatic nitrogens is 1. The van der Waals surface area contributed by atoms with E-state index in [2.05, 4.69) is 10.3 Å². The summed E-state index contributed by atoms with van der Waals surface area (Å²) in [6, 6.07) is 5.63. The lowest BCUT2D eigenvalue weighted by molar-refractivity contribution is -0.121. The Morgan fingerprint density at radius 2 is 2.21 bits per heavy atom. The lowest BCUT2D eigenvalue weighted by atomic mass is 9.87. The zero-order chi connectivity index (χ0) is 13.6. The lowest BCUT2D eigenvalue weighted by Gasteiger charge is -2.28. The quantitative estimate of drug-likeness (QED) is 0.852. The van der Waals surface area contributed by atoms with Crippen LogP contribution in [0.2, 0.25) is 0 Å². The number of hydrogen-bond donors (Lipinski definition) is 1. The van der Waals surface area contributed by atoms with Crippen molar-refractivity contribution < 1.29 is 9.53 Å². The summed E-state index contributed by atoms with van der Waals surface area (Å²) in [6.07, 6.45) is 6.82. The van der Waals surface area contributed by atoms with Crippen molar-refractivity contribution in [3.8, 4) is 0 Å². The second kappa shape index (κ2) is 6.66. The molecule has 0 spiro atoms. The monoisotopic (exact) mass is 262 g/mol. The lowest BCUT2D eigenvalue weighted by Crippen LogP contribution is -2.39. The molecular formula is C15H22N2O2. The maximum Gasteiger partial charge on any atom is 0.226 e. The summed E-state index contributed by atoms with van der Waals surface area (Å²) < 4.78 is 5.32. The molecular weight excluding hydrogens is 240 g/mol. The number of nitrogens with zero attached hydrogens (tertiary/aromatic N) is 1. The Kier molecular flexibility index (Phi) is 4.91. The zero-order valence-electron chi connectivity index (χ0n) is 11.5. The van der Waals surface area contributed by atoms with E-state index >= 15 is 0 Å². The van der Waals surface area contributed by atoms with E-state index in [-0.39, 0.29) is 11.3 Å². The molecule has 104 valence electrons. The van der Waals surface area contributed by atoms with Crippen LogP contribution in [0.25, 0.3) is 0 Å². The van der Waals surface area contributed by atoms with Crippen molar-refractivity contribution in [2.24, 2.45) is 5.41 Å². The molecule has 0 aromatic carbocycles. The fourth-order valence-electron chi connectivity index (χ4n) is 2.82. The van der Waals surface area contributed by atoms with E-state index < -0.39 is 0 Å². The van der Waals surface area contributed by atoms with E-state index in [0.29, 0.717) is 13.0 Å². The Bertz CT molecular complexity index is 400. The van der Waals surface area contributed by atoms with Gasteiger partial charge in [0.15, 0.2) is 0 Å². The predicted molar refractivity (Wildman–Crippen MR) is 73.7 cm³/mol. The Morgan fingerprint density at radius 3 is 2.84 bits per heavy atom. The van der Waals surface area contributed by atoms with Gasteiger partial charge in [0, 0.05) is 31.0 Å². The molecule has 19 heavy (non-hydrogen) atoms. The van der Waals surface area contributed by atoms with Gasteiger partial charge in [-0.3, -0.25) is 9.78 Å².